The van der Waals surface area contributed by atoms with Gasteiger partial charge in [0, 0.05) is 19.4 Å². The van der Waals surface area contributed by atoms with Crippen molar-refractivity contribution in [3.05, 3.63) is 71.8 Å². The van der Waals surface area contributed by atoms with Gasteiger partial charge in [-0.1, -0.05) is 74.5 Å². The lowest BCUT2D eigenvalue weighted by Gasteiger charge is -2.30. The van der Waals surface area contributed by atoms with Crippen LogP contribution >= 0.6 is 11.8 Å². The van der Waals surface area contributed by atoms with Gasteiger partial charge in [0.25, 0.3) is 5.91 Å². The fraction of sp³-hybridized carbons (Fsp3) is 0.486. The van der Waals surface area contributed by atoms with E-state index in [-0.39, 0.29) is 38.3 Å². The predicted octanol–water partition coefficient (Wildman–Crippen LogP) is -0.240. The molecule has 272 valence electrons. The highest BCUT2D eigenvalue weighted by Crippen LogP contribution is 2.21. The van der Waals surface area contributed by atoms with Crippen LogP contribution in [0.5, 0.6) is 0 Å². The summed E-state index contributed by atoms with van der Waals surface area (Å²) in [4.78, 5) is 80.9. The minimum absolute atomic E-state index is 0.0363. The largest absolute Gasteiger partial charge is 0.343 e. The van der Waals surface area contributed by atoms with E-state index in [0.29, 0.717) is 18.6 Å². The number of carbonyl (C=O) groups excluding carboxylic acids is 6. The lowest BCUT2D eigenvalue weighted by Crippen LogP contribution is -2.58. The van der Waals surface area contributed by atoms with E-state index >= 15 is 0 Å². The smallest absolute Gasteiger partial charge is 0.256 e. The van der Waals surface area contributed by atoms with Gasteiger partial charge in [0.2, 0.25) is 29.5 Å². The van der Waals surface area contributed by atoms with E-state index in [2.05, 4.69) is 26.7 Å². The van der Waals surface area contributed by atoms with Crippen molar-refractivity contribution in [2.45, 2.75) is 76.2 Å². The predicted molar refractivity (Wildman–Crippen MR) is 192 cm³/mol. The summed E-state index contributed by atoms with van der Waals surface area (Å²) in [5.41, 5.74) is 9.17. The standard InChI is InChI=1S/C35H50N8O6S/c1-22(2)18-29(34(48)39-25(15-17-50-3)33(47)42-37)43-16-14-26(35(43)49)40-32(46)28(20-24-12-8-5-9-13-24)41-31(45)27(38-30(44)21-36)19-23-10-6-4-7-11-23/h4-13,22,25-29H,14-21,36-37H2,1-3H3,(H,38,44)(H,39,48)(H,40,46)(H,41,45)(H,42,47)/t25-,26+,27-,28-,29-/m0/s1. The third-order valence-corrected chi connectivity index (χ3v) is 9.00. The molecule has 9 N–H and O–H groups in total. The number of hydrogen-bond acceptors (Lipinski definition) is 9. The number of nitrogens with zero attached hydrogens (tertiary/aromatic N) is 1. The SMILES string of the molecule is CSCC[C@H](NC(=O)[C@H](CC(C)C)N1CC[C@@H](NC(=O)[C@H](Cc2ccccc2)NC(=O)[C@H](Cc2ccccc2)NC(=O)CN)C1=O)C(=O)NN. The second-order valence-electron chi connectivity index (χ2n) is 12.6. The summed E-state index contributed by atoms with van der Waals surface area (Å²) in [5.74, 6) is 2.84. The lowest BCUT2D eigenvalue weighted by atomic mass is 10.0. The second-order valence-corrected chi connectivity index (χ2v) is 13.6. The molecule has 6 amide bonds. The normalized spacial score (nSPS) is 16.6. The average molecular weight is 711 g/mol. The number of hydrogen-bond donors (Lipinski definition) is 7. The maximum Gasteiger partial charge on any atom is 0.256 e. The van der Waals surface area contributed by atoms with E-state index in [0.717, 1.165) is 11.1 Å². The van der Waals surface area contributed by atoms with Gasteiger partial charge in [-0.25, -0.2) is 5.84 Å². The molecule has 0 bridgehead atoms. The van der Waals surface area contributed by atoms with Crippen molar-refractivity contribution in [1.29, 1.82) is 0 Å². The van der Waals surface area contributed by atoms with E-state index in [1.165, 1.54) is 16.7 Å². The minimum atomic E-state index is -1.10. The maximum atomic E-state index is 13.8. The molecule has 5 atom stereocenters. The molecule has 0 saturated carbocycles. The first kappa shape index (κ1) is 40.0. The number of amides is 6. The van der Waals surface area contributed by atoms with E-state index in [9.17, 15) is 28.8 Å². The maximum absolute atomic E-state index is 13.8. The van der Waals surface area contributed by atoms with E-state index in [4.69, 9.17) is 11.6 Å². The van der Waals surface area contributed by atoms with E-state index in [1.54, 1.807) is 0 Å². The van der Waals surface area contributed by atoms with Gasteiger partial charge in [0.15, 0.2) is 0 Å². The first-order valence-electron chi connectivity index (χ1n) is 16.8. The number of likely N-dealkylation sites (tertiary alicyclic amines) is 1. The quantitative estimate of drug-likeness (QED) is 0.0581. The fourth-order valence-electron chi connectivity index (χ4n) is 5.76. The van der Waals surface area contributed by atoms with Crippen molar-refractivity contribution in [2.24, 2.45) is 17.5 Å². The van der Waals surface area contributed by atoms with Gasteiger partial charge in [-0.15, -0.1) is 0 Å². The summed E-state index contributed by atoms with van der Waals surface area (Å²) in [6.07, 6.45) is 3.09. The van der Waals surface area contributed by atoms with Crippen LogP contribution in [-0.2, 0) is 41.6 Å². The molecule has 1 fully saturated rings. The van der Waals surface area contributed by atoms with Crippen LogP contribution in [0.15, 0.2) is 60.7 Å². The Hall–Kier alpha value is -4.47. The van der Waals surface area contributed by atoms with Crippen molar-refractivity contribution in [3.8, 4) is 0 Å². The highest BCUT2D eigenvalue weighted by atomic mass is 32.2. The fourth-order valence-corrected chi connectivity index (χ4v) is 6.23. The molecule has 14 nitrogen and oxygen atoms in total. The van der Waals surface area contributed by atoms with Crippen molar-refractivity contribution < 1.29 is 28.8 Å². The first-order chi connectivity index (χ1) is 24.0. The Labute approximate surface area is 297 Å². The number of carbonyl (C=O) groups is 6. The summed E-state index contributed by atoms with van der Waals surface area (Å²) >= 11 is 1.52. The molecule has 50 heavy (non-hydrogen) atoms. The van der Waals surface area contributed by atoms with Gasteiger partial charge in [-0.05, 0) is 48.3 Å². The zero-order valence-electron chi connectivity index (χ0n) is 28.9. The number of rotatable bonds is 19. The molecule has 1 heterocycles. The Kier molecular flexibility index (Phi) is 16.2. The van der Waals surface area contributed by atoms with E-state index < -0.39 is 65.7 Å². The van der Waals surface area contributed by atoms with Crippen LogP contribution in [0.2, 0.25) is 0 Å². The van der Waals surface area contributed by atoms with Crippen LogP contribution in [0.1, 0.15) is 44.2 Å². The van der Waals surface area contributed by atoms with Crippen molar-refractivity contribution in [3.63, 3.8) is 0 Å². The average Bonchev–Trinajstić information content (AvgIpc) is 3.47. The topological polar surface area (TPSA) is 218 Å². The van der Waals surface area contributed by atoms with Crippen molar-refractivity contribution in [2.75, 3.05) is 25.1 Å². The Bertz CT molecular complexity index is 1450. The molecule has 1 aliphatic heterocycles. The molecule has 1 saturated heterocycles. The van der Waals surface area contributed by atoms with Gasteiger partial charge in [0.1, 0.15) is 30.2 Å². The molecule has 0 unspecified atom stereocenters. The van der Waals surface area contributed by atoms with Crippen LogP contribution in [0, 0.1) is 5.92 Å². The third-order valence-electron chi connectivity index (χ3n) is 8.35. The zero-order valence-corrected chi connectivity index (χ0v) is 29.7. The highest BCUT2D eigenvalue weighted by molar-refractivity contribution is 7.98. The molecule has 0 aliphatic carbocycles. The number of thioether (sulfide) groups is 1. The Morgan fingerprint density at radius 3 is 1.90 bits per heavy atom. The Morgan fingerprint density at radius 2 is 1.38 bits per heavy atom. The second kappa shape index (κ2) is 20.3. The van der Waals surface area contributed by atoms with Crippen molar-refractivity contribution in [1.82, 2.24) is 31.6 Å². The molecule has 0 spiro atoms. The molecule has 2 aromatic carbocycles. The molecular weight excluding hydrogens is 661 g/mol. The van der Waals surface area contributed by atoms with Gasteiger partial charge >= 0.3 is 0 Å². The summed E-state index contributed by atoms with van der Waals surface area (Å²) < 4.78 is 0. The van der Waals surface area contributed by atoms with Gasteiger partial charge in [-0.2, -0.15) is 11.8 Å². The summed E-state index contributed by atoms with van der Waals surface area (Å²) in [6, 6.07) is 13.4. The molecule has 1 aliphatic rings. The molecule has 15 heteroatoms. The summed E-state index contributed by atoms with van der Waals surface area (Å²) in [6.45, 7) is 3.74. The van der Waals surface area contributed by atoms with Gasteiger partial charge < -0.3 is 31.9 Å². The zero-order chi connectivity index (χ0) is 36.6. The van der Waals surface area contributed by atoms with Crippen LogP contribution in [0.4, 0.5) is 0 Å². The summed E-state index contributed by atoms with van der Waals surface area (Å²) in [7, 11) is 0. The van der Waals surface area contributed by atoms with Gasteiger partial charge in [0.05, 0.1) is 6.54 Å². The van der Waals surface area contributed by atoms with Gasteiger partial charge in [-0.3, -0.25) is 34.2 Å². The number of hydrazine groups is 1. The number of nitrogens with one attached hydrogen (secondary N) is 5. The number of nitrogens with two attached hydrogens (primary N) is 2. The molecule has 0 aromatic heterocycles. The van der Waals surface area contributed by atoms with Crippen molar-refractivity contribution >= 4 is 47.2 Å². The van der Waals surface area contributed by atoms with Crippen LogP contribution in [0.3, 0.4) is 0 Å². The molecule has 2 aromatic rings. The number of benzene rings is 2. The third kappa shape index (κ3) is 12.1. The Balaban J connectivity index is 1.79. The molecular formula is C35H50N8O6S. The highest BCUT2D eigenvalue weighted by Gasteiger charge is 2.41. The lowest BCUT2D eigenvalue weighted by molar-refractivity contribution is -0.141. The monoisotopic (exact) mass is 710 g/mol. The summed E-state index contributed by atoms with van der Waals surface area (Å²) in [5, 5.41) is 11.0. The minimum Gasteiger partial charge on any atom is -0.343 e. The van der Waals surface area contributed by atoms with E-state index in [1.807, 2.05) is 80.8 Å². The first-order valence-corrected chi connectivity index (χ1v) is 18.1. The Morgan fingerprint density at radius 1 is 0.820 bits per heavy atom. The molecule has 0 radical (unpaired) electrons. The molecule has 3 rings (SSSR count). The van der Waals surface area contributed by atoms with Crippen LogP contribution < -0.4 is 38.3 Å². The van der Waals surface area contributed by atoms with Crippen LogP contribution in [-0.4, -0.2) is 95.7 Å². The van der Waals surface area contributed by atoms with Crippen LogP contribution in [0.25, 0.3) is 0 Å².